The number of nitrogens with zero attached hydrogens (tertiary/aromatic N) is 3. The average Bonchev–Trinajstić information content (AvgIpc) is 2.31. The van der Waals surface area contributed by atoms with Crippen molar-refractivity contribution in [3.63, 3.8) is 0 Å². The van der Waals surface area contributed by atoms with Gasteiger partial charge in [-0.3, -0.25) is 0 Å². The maximum Gasteiger partial charge on any atom is 0.242 e. The Labute approximate surface area is 87.6 Å². The molecule has 0 atom stereocenters. The Hall–Kier alpha value is -1.12. The molecule has 5 heteroatoms. The second-order valence-electron chi connectivity index (χ2n) is 4.06. The molecule has 0 aliphatic rings. The van der Waals surface area contributed by atoms with Gasteiger partial charge in [0.1, 0.15) is 5.02 Å². The van der Waals surface area contributed by atoms with Crippen LogP contribution in [0.2, 0.25) is 5.02 Å². The summed E-state index contributed by atoms with van der Waals surface area (Å²) in [7, 11) is 1.69. The van der Waals surface area contributed by atoms with E-state index < -0.39 is 0 Å². The number of aliphatic imine (C=N–C) groups is 1. The Bertz CT molecular complexity index is 397. The van der Waals surface area contributed by atoms with E-state index in [1.165, 1.54) is 10.8 Å². The van der Waals surface area contributed by atoms with Crippen molar-refractivity contribution in [2.45, 2.75) is 26.2 Å². The van der Waals surface area contributed by atoms with Crippen LogP contribution >= 0.6 is 11.6 Å². The first kappa shape index (κ1) is 11.0. The van der Waals surface area contributed by atoms with E-state index in [2.05, 4.69) is 10.1 Å². The van der Waals surface area contributed by atoms with E-state index in [0.717, 1.165) is 5.69 Å². The molecule has 0 amide bonds. The maximum absolute atomic E-state index is 10.1. The molecule has 0 spiro atoms. The Kier molecular flexibility index (Phi) is 2.79. The predicted octanol–water partition coefficient (Wildman–Crippen LogP) is 2.34. The van der Waals surface area contributed by atoms with Crippen LogP contribution in [0.15, 0.2) is 4.99 Å². The summed E-state index contributed by atoms with van der Waals surface area (Å²) in [6.07, 6.45) is 1.46. The fourth-order valence-corrected chi connectivity index (χ4v) is 1.62. The van der Waals surface area contributed by atoms with Gasteiger partial charge in [0.15, 0.2) is 5.82 Å². The highest BCUT2D eigenvalue weighted by atomic mass is 35.5. The standard InChI is InChI=1S/C9H12ClN3O/c1-9(2,3)7-6(10)8(11-5-14)13(4)12-7/h1-4H3. The van der Waals surface area contributed by atoms with Crippen molar-refractivity contribution in [2.75, 3.05) is 0 Å². The van der Waals surface area contributed by atoms with Crippen molar-refractivity contribution < 1.29 is 4.79 Å². The third kappa shape index (κ3) is 1.86. The molecule has 0 radical (unpaired) electrons. The van der Waals surface area contributed by atoms with Gasteiger partial charge in [0.25, 0.3) is 0 Å². The maximum atomic E-state index is 10.1. The lowest BCUT2D eigenvalue weighted by atomic mass is 9.92. The number of isocyanates is 1. The minimum Gasteiger partial charge on any atom is -0.249 e. The summed E-state index contributed by atoms with van der Waals surface area (Å²) in [5.74, 6) is 0.353. The summed E-state index contributed by atoms with van der Waals surface area (Å²) in [5, 5.41) is 4.63. The van der Waals surface area contributed by atoms with Crippen LogP contribution in [-0.4, -0.2) is 15.9 Å². The molecule has 1 aromatic rings. The first-order valence-corrected chi connectivity index (χ1v) is 4.56. The zero-order chi connectivity index (χ0) is 10.9. The van der Waals surface area contributed by atoms with Crippen LogP contribution < -0.4 is 0 Å². The smallest absolute Gasteiger partial charge is 0.242 e. The lowest BCUT2D eigenvalue weighted by Gasteiger charge is -2.14. The van der Waals surface area contributed by atoms with Crippen molar-refractivity contribution in [3.8, 4) is 0 Å². The molecule has 0 saturated carbocycles. The van der Waals surface area contributed by atoms with Gasteiger partial charge in [0, 0.05) is 12.5 Å². The molecule has 0 bridgehead atoms. The normalized spacial score (nSPS) is 11.2. The van der Waals surface area contributed by atoms with Crippen molar-refractivity contribution >= 4 is 23.5 Å². The van der Waals surface area contributed by atoms with E-state index in [-0.39, 0.29) is 5.41 Å². The predicted molar refractivity (Wildman–Crippen MR) is 54.7 cm³/mol. The average molecular weight is 214 g/mol. The molecule has 1 aromatic heterocycles. The van der Waals surface area contributed by atoms with Crippen LogP contribution in [0, 0.1) is 0 Å². The van der Waals surface area contributed by atoms with E-state index in [4.69, 9.17) is 11.6 Å². The highest BCUT2D eigenvalue weighted by molar-refractivity contribution is 6.33. The van der Waals surface area contributed by atoms with E-state index >= 15 is 0 Å². The van der Waals surface area contributed by atoms with Crippen molar-refractivity contribution in [3.05, 3.63) is 10.7 Å². The first-order valence-electron chi connectivity index (χ1n) is 4.18. The molecular formula is C9H12ClN3O. The van der Waals surface area contributed by atoms with Crippen LogP contribution in [0.4, 0.5) is 5.82 Å². The molecule has 0 saturated heterocycles. The van der Waals surface area contributed by atoms with Crippen molar-refractivity contribution in [1.82, 2.24) is 9.78 Å². The third-order valence-electron chi connectivity index (χ3n) is 1.82. The van der Waals surface area contributed by atoms with Gasteiger partial charge in [0.05, 0.1) is 5.69 Å². The lowest BCUT2D eigenvalue weighted by Crippen LogP contribution is -2.12. The molecule has 0 aliphatic carbocycles. The topological polar surface area (TPSA) is 47.2 Å². The highest BCUT2D eigenvalue weighted by Crippen LogP contribution is 2.34. The summed E-state index contributed by atoms with van der Waals surface area (Å²) in [6.45, 7) is 5.99. The monoisotopic (exact) mass is 213 g/mol. The Morgan fingerprint density at radius 2 is 2.07 bits per heavy atom. The molecular weight excluding hydrogens is 202 g/mol. The SMILES string of the molecule is Cn1nc(C(C)(C)C)c(Cl)c1N=C=O. The lowest BCUT2D eigenvalue weighted by molar-refractivity contribution is 0.553. The van der Waals surface area contributed by atoms with Crippen LogP contribution in [-0.2, 0) is 17.3 Å². The zero-order valence-electron chi connectivity index (χ0n) is 8.63. The number of aryl methyl sites for hydroxylation is 1. The number of rotatable bonds is 1. The van der Waals surface area contributed by atoms with E-state index in [1.807, 2.05) is 20.8 Å². The second kappa shape index (κ2) is 3.56. The summed E-state index contributed by atoms with van der Waals surface area (Å²) in [4.78, 5) is 13.6. The fraction of sp³-hybridized carbons (Fsp3) is 0.556. The molecule has 4 nitrogen and oxygen atoms in total. The van der Waals surface area contributed by atoms with E-state index in [9.17, 15) is 4.79 Å². The second-order valence-corrected chi connectivity index (χ2v) is 4.44. The van der Waals surface area contributed by atoms with Crippen molar-refractivity contribution in [1.29, 1.82) is 0 Å². The van der Waals surface area contributed by atoms with Gasteiger partial charge in [-0.15, -0.1) is 4.99 Å². The molecule has 0 N–H and O–H groups in total. The summed E-state index contributed by atoms with van der Waals surface area (Å²) < 4.78 is 1.48. The highest BCUT2D eigenvalue weighted by Gasteiger charge is 2.24. The first-order chi connectivity index (χ1) is 6.38. The minimum absolute atomic E-state index is 0.161. The quantitative estimate of drug-likeness (QED) is 0.531. The van der Waals surface area contributed by atoms with Crippen LogP contribution in [0.5, 0.6) is 0 Å². The molecule has 0 fully saturated rings. The summed E-state index contributed by atoms with van der Waals surface area (Å²) >= 11 is 6.04. The summed E-state index contributed by atoms with van der Waals surface area (Å²) in [6, 6.07) is 0. The Balaban J connectivity index is 3.38. The zero-order valence-corrected chi connectivity index (χ0v) is 9.38. The van der Waals surface area contributed by atoms with Crippen LogP contribution in [0.1, 0.15) is 26.5 Å². The molecule has 14 heavy (non-hydrogen) atoms. The molecule has 76 valence electrons. The van der Waals surface area contributed by atoms with Crippen LogP contribution in [0.3, 0.4) is 0 Å². The Morgan fingerprint density at radius 3 is 2.43 bits per heavy atom. The van der Waals surface area contributed by atoms with Gasteiger partial charge in [0.2, 0.25) is 6.08 Å². The number of halogens is 1. The summed E-state index contributed by atoms with van der Waals surface area (Å²) in [5.41, 5.74) is 0.571. The number of aromatic nitrogens is 2. The number of hydrogen-bond donors (Lipinski definition) is 0. The van der Waals surface area contributed by atoms with Crippen LogP contribution in [0.25, 0.3) is 0 Å². The number of hydrogen-bond acceptors (Lipinski definition) is 3. The van der Waals surface area contributed by atoms with E-state index in [1.54, 1.807) is 7.05 Å². The minimum atomic E-state index is -0.161. The number of carbonyl (C=O) groups excluding carboxylic acids is 1. The van der Waals surface area contributed by atoms with Gasteiger partial charge in [-0.1, -0.05) is 32.4 Å². The van der Waals surface area contributed by atoms with E-state index in [0.29, 0.717) is 10.8 Å². The van der Waals surface area contributed by atoms with Gasteiger partial charge in [-0.05, 0) is 0 Å². The van der Waals surface area contributed by atoms with Gasteiger partial charge >= 0.3 is 0 Å². The third-order valence-corrected chi connectivity index (χ3v) is 2.17. The molecule has 0 aliphatic heterocycles. The molecule has 0 unspecified atom stereocenters. The van der Waals surface area contributed by atoms with Gasteiger partial charge < -0.3 is 0 Å². The van der Waals surface area contributed by atoms with Gasteiger partial charge in [-0.2, -0.15) is 5.10 Å². The largest absolute Gasteiger partial charge is 0.249 e. The molecule has 1 rings (SSSR count). The fourth-order valence-electron chi connectivity index (χ4n) is 1.13. The molecule has 0 aromatic carbocycles. The molecule has 1 heterocycles. The van der Waals surface area contributed by atoms with Crippen molar-refractivity contribution in [2.24, 2.45) is 12.0 Å². The van der Waals surface area contributed by atoms with Gasteiger partial charge in [-0.25, -0.2) is 9.48 Å². The Morgan fingerprint density at radius 1 is 1.50 bits per heavy atom.